The third-order valence-electron chi connectivity index (χ3n) is 2.98. The van der Waals surface area contributed by atoms with Crippen LogP contribution in [-0.4, -0.2) is 18.1 Å². The van der Waals surface area contributed by atoms with Crippen LogP contribution in [0.5, 0.6) is 0 Å². The Balaban J connectivity index is 2.15. The van der Waals surface area contributed by atoms with Crippen LogP contribution in [0.15, 0.2) is 46.9 Å². The van der Waals surface area contributed by atoms with Crippen molar-refractivity contribution < 1.29 is 13.9 Å². The molecule has 0 unspecified atom stereocenters. The Labute approximate surface area is 115 Å². The Kier molecular flexibility index (Phi) is 2.87. The van der Waals surface area contributed by atoms with E-state index < -0.39 is 5.97 Å². The largest absolute Gasteiger partial charge is 0.465 e. The van der Waals surface area contributed by atoms with Gasteiger partial charge in [-0.2, -0.15) is 0 Å². The number of nitrogens with two attached hydrogens (primary N) is 1. The van der Waals surface area contributed by atoms with Crippen LogP contribution in [-0.2, 0) is 4.74 Å². The Morgan fingerprint density at radius 2 is 1.95 bits per heavy atom. The SMILES string of the molecule is COC(=O)c1cccc2nc(-c3ccc(N)cc3)oc12. The number of ether oxygens (including phenoxy) is 1. The zero-order valence-corrected chi connectivity index (χ0v) is 10.8. The van der Waals surface area contributed by atoms with Crippen LogP contribution in [0, 0.1) is 0 Å². The van der Waals surface area contributed by atoms with Crippen LogP contribution < -0.4 is 5.73 Å². The molecule has 0 aliphatic heterocycles. The van der Waals surface area contributed by atoms with Crippen LogP contribution >= 0.6 is 0 Å². The number of carbonyl (C=O) groups is 1. The second-order valence-electron chi connectivity index (χ2n) is 4.29. The quantitative estimate of drug-likeness (QED) is 0.571. The smallest absolute Gasteiger partial charge is 0.341 e. The average molecular weight is 268 g/mol. The summed E-state index contributed by atoms with van der Waals surface area (Å²) in [5.74, 6) is -0.00745. The maximum Gasteiger partial charge on any atom is 0.341 e. The highest BCUT2D eigenvalue weighted by molar-refractivity contribution is 6.01. The van der Waals surface area contributed by atoms with E-state index in [2.05, 4.69) is 4.98 Å². The van der Waals surface area contributed by atoms with E-state index in [4.69, 9.17) is 14.9 Å². The minimum atomic E-state index is -0.449. The lowest BCUT2D eigenvalue weighted by Crippen LogP contribution is -2.00. The van der Waals surface area contributed by atoms with Crippen molar-refractivity contribution in [3.8, 4) is 11.5 Å². The standard InChI is InChI=1S/C15H12N2O3/c1-19-15(18)11-3-2-4-12-13(11)20-14(17-12)9-5-7-10(16)8-6-9/h2-8H,16H2,1H3. The number of methoxy groups -OCH3 is 1. The predicted octanol–water partition coefficient (Wildman–Crippen LogP) is 2.86. The number of oxazole rings is 1. The van der Waals surface area contributed by atoms with E-state index in [-0.39, 0.29) is 0 Å². The Morgan fingerprint density at radius 1 is 1.20 bits per heavy atom. The molecule has 0 saturated heterocycles. The summed E-state index contributed by atoms with van der Waals surface area (Å²) in [6, 6.07) is 12.3. The predicted molar refractivity (Wildman–Crippen MR) is 75.2 cm³/mol. The number of hydrogen-bond donors (Lipinski definition) is 1. The molecule has 0 saturated carbocycles. The van der Waals surface area contributed by atoms with E-state index in [1.165, 1.54) is 7.11 Å². The van der Waals surface area contributed by atoms with Crippen molar-refractivity contribution >= 4 is 22.8 Å². The molecule has 0 bridgehead atoms. The molecule has 2 aromatic carbocycles. The highest BCUT2D eigenvalue weighted by Crippen LogP contribution is 2.27. The summed E-state index contributed by atoms with van der Waals surface area (Å²) in [5.41, 5.74) is 8.51. The molecule has 5 heteroatoms. The summed E-state index contributed by atoms with van der Waals surface area (Å²) in [7, 11) is 1.33. The van der Waals surface area contributed by atoms with Gasteiger partial charge in [0.25, 0.3) is 0 Å². The van der Waals surface area contributed by atoms with Crippen LogP contribution in [0.2, 0.25) is 0 Å². The number of benzene rings is 2. The molecule has 0 aliphatic rings. The number of hydrogen-bond acceptors (Lipinski definition) is 5. The van der Waals surface area contributed by atoms with E-state index in [9.17, 15) is 4.79 Å². The number of anilines is 1. The van der Waals surface area contributed by atoms with Gasteiger partial charge in [-0.1, -0.05) is 6.07 Å². The minimum absolute atomic E-state index is 0.360. The van der Waals surface area contributed by atoms with Crippen molar-refractivity contribution in [2.75, 3.05) is 12.8 Å². The lowest BCUT2D eigenvalue weighted by Gasteiger charge is -1.98. The molecule has 3 aromatic rings. The summed E-state index contributed by atoms with van der Waals surface area (Å²) in [4.78, 5) is 16.1. The summed E-state index contributed by atoms with van der Waals surface area (Å²) in [6.07, 6.45) is 0. The number of nitrogens with zero attached hydrogens (tertiary/aromatic N) is 1. The Hall–Kier alpha value is -2.82. The van der Waals surface area contributed by atoms with Gasteiger partial charge in [-0.05, 0) is 36.4 Å². The van der Waals surface area contributed by atoms with Crippen molar-refractivity contribution in [3.63, 3.8) is 0 Å². The van der Waals surface area contributed by atoms with Crippen molar-refractivity contribution in [2.24, 2.45) is 0 Å². The first-order valence-electron chi connectivity index (χ1n) is 6.03. The number of carbonyl (C=O) groups excluding carboxylic acids is 1. The molecule has 5 nitrogen and oxygen atoms in total. The fraction of sp³-hybridized carbons (Fsp3) is 0.0667. The number of fused-ring (bicyclic) bond motifs is 1. The minimum Gasteiger partial charge on any atom is -0.465 e. The highest BCUT2D eigenvalue weighted by Gasteiger charge is 2.16. The van der Waals surface area contributed by atoms with Gasteiger partial charge in [0.1, 0.15) is 11.1 Å². The molecule has 0 spiro atoms. The summed E-state index contributed by atoms with van der Waals surface area (Å²) in [6.45, 7) is 0. The molecule has 100 valence electrons. The van der Waals surface area contributed by atoms with E-state index in [1.54, 1.807) is 30.3 Å². The van der Waals surface area contributed by atoms with Gasteiger partial charge in [-0.15, -0.1) is 0 Å². The molecule has 20 heavy (non-hydrogen) atoms. The number of rotatable bonds is 2. The Bertz CT molecular complexity index is 775. The fourth-order valence-electron chi connectivity index (χ4n) is 1.97. The van der Waals surface area contributed by atoms with Gasteiger partial charge in [-0.25, -0.2) is 9.78 Å². The number of esters is 1. The van der Waals surface area contributed by atoms with Gasteiger partial charge in [0.15, 0.2) is 5.58 Å². The second-order valence-corrected chi connectivity index (χ2v) is 4.29. The molecule has 0 radical (unpaired) electrons. The van der Waals surface area contributed by atoms with Crippen LogP contribution in [0.3, 0.4) is 0 Å². The first kappa shape index (κ1) is 12.2. The van der Waals surface area contributed by atoms with Crippen LogP contribution in [0.4, 0.5) is 5.69 Å². The molecular formula is C15H12N2O3. The van der Waals surface area contributed by atoms with Crippen molar-refractivity contribution in [1.29, 1.82) is 0 Å². The third kappa shape index (κ3) is 1.99. The van der Waals surface area contributed by atoms with Gasteiger partial charge in [0.05, 0.1) is 7.11 Å². The Morgan fingerprint density at radius 3 is 2.65 bits per heavy atom. The molecule has 2 N–H and O–H groups in total. The van der Waals surface area contributed by atoms with Gasteiger partial charge in [0.2, 0.25) is 5.89 Å². The van der Waals surface area contributed by atoms with Crippen LogP contribution in [0.1, 0.15) is 10.4 Å². The molecule has 1 heterocycles. The molecular weight excluding hydrogens is 256 g/mol. The second kappa shape index (κ2) is 4.70. The van der Waals surface area contributed by atoms with E-state index in [0.29, 0.717) is 28.2 Å². The molecule has 0 aliphatic carbocycles. The van der Waals surface area contributed by atoms with Crippen LogP contribution in [0.25, 0.3) is 22.6 Å². The summed E-state index contributed by atoms with van der Waals surface area (Å²) >= 11 is 0. The summed E-state index contributed by atoms with van der Waals surface area (Å²) < 4.78 is 10.4. The molecule has 0 amide bonds. The maximum atomic E-state index is 11.7. The number of para-hydroxylation sites is 1. The van der Waals surface area contributed by atoms with Crippen molar-refractivity contribution in [1.82, 2.24) is 4.98 Å². The number of nitrogen functional groups attached to an aromatic ring is 1. The summed E-state index contributed by atoms with van der Waals surface area (Å²) in [5, 5.41) is 0. The lowest BCUT2D eigenvalue weighted by atomic mass is 10.2. The zero-order valence-electron chi connectivity index (χ0n) is 10.8. The van der Waals surface area contributed by atoms with E-state index >= 15 is 0 Å². The zero-order chi connectivity index (χ0) is 14.1. The fourth-order valence-corrected chi connectivity index (χ4v) is 1.97. The third-order valence-corrected chi connectivity index (χ3v) is 2.98. The number of aromatic nitrogens is 1. The molecule has 0 atom stereocenters. The van der Waals surface area contributed by atoms with Gasteiger partial charge in [-0.3, -0.25) is 0 Å². The van der Waals surface area contributed by atoms with Gasteiger partial charge < -0.3 is 14.9 Å². The first-order chi connectivity index (χ1) is 9.69. The van der Waals surface area contributed by atoms with E-state index in [0.717, 1.165) is 5.56 Å². The normalized spacial score (nSPS) is 10.7. The van der Waals surface area contributed by atoms with Crippen molar-refractivity contribution in [2.45, 2.75) is 0 Å². The van der Waals surface area contributed by atoms with E-state index in [1.807, 2.05) is 12.1 Å². The maximum absolute atomic E-state index is 11.7. The average Bonchev–Trinajstić information content (AvgIpc) is 2.91. The van der Waals surface area contributed by atoms with Gasteiger partial charge >= 0.3 is 5.97 Å². The topological polar surface area (TPSA) is 78.3 Å². The molecule has 0 fully saturated rings. The van der Waals surface area contributed by atoms with Crippen molar-refractivity contribution in [3.05, 3.63) is 48.0 Å². The highest BCUT2D eigenvalue weighted by atomic mass is 16.5. The lowest BCUT2D eigenvalue weighted by molar-refractivity contribution is 0.0602. The molecule has 1 aromatic heterocycles. The molecule has 3 rings (SSSR count). The van der Waals surface area contributed by atoms with Gasteiger partial charge in [0, 0.05) is 11.3 Å². The first-order valence-corrected chi connectivity index (χ1v) is 6.03. The monoisotopic (exact) mass is 268 g/mol.